The molecule has 0 bridgehead atoms. The number of ether oxygens (including phenoxy) is 3. The van der Waals surface area contributed by atoms with Crippen molar-refractivity contribution in [2.45, 2.75) is 6.54 Å². The molecule has 1 aromatic rings. The van der Waals surface area contributed by atoms with Crippen LogP contribution >= 0.6 is 11.6 Å². The number of nitrogens with one attached hydrogen (secondary N) is 1. The van der Waals surface area contributed by atoms with Crippen molar-refractivity contribution >= 4 is 11.6 Å². The van der Waals surface area contributed by atoms with E-state index in [-0.39, 0.29) is 6.79 Å². The molecule has 5 heteroatoms. The van der Waals surface area contributed by atoms with Crippen molar-refractivity contribution in [1.29, 1.82) is 0 Å². The zero-order chi connectivity index (χ0) is 12.1. The maximum absolute atomic E-state index is 5.61. The number of fused-ring (bicyclic) bond motifs is 1. The van der Waals surface area contributed by atoms with Gasteiger partial charge < -0.3 is 19.5 Å². The summed E-state index contributed by atoms with van der Waals surface area (Å²) in [7, 11) is 1.88. The Morgan fingerprint density at radius 1 is 1.41 bits per heavy atom. The highest BCUT2D eigenvalue weighted by Gasteiger charge is 2.17. The third-order valence-electron chi connectivity index (χ3n) is 2.35. The predicted molar refractivity (Wildman–Crippen MR) is 65.8 cm³/mol. The molecule has 1 aliphatic heterocycles. The van der Waals surface area contributed by atoms with Crippen molar-refractivity contribution in [3.63, 3.8) is 0 Å². The molecule has 1 aliphatic rings. The molecule has 0 saturated heterocycles. The predicted octanol–water partition coefficient (Wildman–Crippen LogP) is 2.27. The number of rotatable bonds is 5. The summed E-state index contributed by atoms with van der Waals surface area (Å²) >= 11 is 5.44. The summed E-state index contributed by atoms with van der Waals surface area (Å²) in [6, 6.07) is 3.77. The Morgan fingerprint density at radius 2 is 2.18 bits per heavy atom. The van der Waals surface area contributed by atoms with E-state index in [2.05, 4.69) is 5.32 Å². The molecule has 0 spiro atoms. The normalized spacial score (nSPS) is 13.3. The van der Waals surface area contributed by atoms with E-state index in [1.54, 1.807) is 6.08 Å². The van der Waals surface area contributed by atoms with Crippen molar-refractivity contribution in [2.75, 3.05) is 20.4 Å². The lowest BCUT2D eigenvalue weighted by atomic mass is 10.1. The summed E-state index contributed by atoms with van der Waals surface area (Å²) in [4.78, 5) is 0. The molecule has 0 radical (unpaired) electrons. The van der Waals surface area contributed by atoms with Gasteiger partial charge in [0, 0.05) is 23.7 Å². The average Bonchev–Trinajstić information content (AvgIpc) is 2.77. The van der Waals surface area contributed by atoms with Gasteiger partial charge in [0.25, 0.3) is 0 Å². The minimum Gasteiger partial charge on any atom is -0.489 e. The van der Waals surface area contributed by atoms with Crippen LogP contribution in [0.1, 0.15) is 5.56 Å². The number of benzene rings is 1. The molecule has 0 saturated carbocycles. The number of hydrogen-bond donors (Lipinski definition) is 1. The summed E-state index contributed by atoms with van der Waals surface area (Å²) in [5, 5.41) is 3.09. The van der Waals surface area contributed by atoms with Gasteiger partial charge in [-0.2, -0.15) is 0 Å². The van der Waals surface area contributed by atoms with Crippen LogP contribution in [-0.2, 0) is 6.54 Å². The first kappa shape index (κ1) is 12.1. The summed E-state index contributed by atoms with van der Waals surface area (Å²) in [5.41, 5.74) is 2.46. The molecule has 2 rings (SSSR count). The molecule has 0 amide bonds. The lowest BCUT2D eigenvalue weighted by molar-refractivity contribution is 0.174. The van der Waals surface area contributed by atoms with Crippen molar-refractivity contribution in [1.82, 2.24) is 5.32 Å². The van der Waals surface area contributed by atoms with Gasteiger partial charge in [-0.1, -0.05) is 11.6 Å². The molecule has 0 fully saturated rings. The van der Waals surface area contributed by atoms with Crippen LogP contribution in [0.5, 0.6) is 17.2 Å². The second-order valence-corrected chi connectivity index (χ2v) is 3.77. The van der Waals surface area contributed by atoms with E-state index in [1.165, 1.54) is 5.54 Å². The van der Waals surface area contributed by atoms with Crippen LogP contribution in [0.4, 0.5) is 0 Å². The summed E-state index contributed by atoms with van der Waals surface area (Å²) in [6.45, 7) is 1.40. The van der Waals surface area contributed by atoms with E-state index in [1.807, 2.05) is 19.2 Å². The van der Waals surface area contributed by atoms with Crippen LogP contribution < -0.4 is 19.5 Å². The quantitative estimate of drug-likeness (QED) is 0.876. The fourth-order valence-corrected chi connectivity index (χ4v) is 1.68. The van der Waals surface area contributed by atoms with Crippen LogP contribution in [-0.4, -0.2) is 20.4 Å². The Labute approximate surface area is 105 Å². The molecule has 1 N–H and O–H groups in total. The van der Waals surface area contributed by atoms with Crippen LogP contribution in [0, 0.1) is 0 Å². The van der Waals surface area contributed by atoms with E-state index in [0.717, 1.165) is 22.8 Å². The van der Waals surface area contributed by atoms with E-state index < -0.39 is 0 Å². The Balaban J connectivity index is 2.21. The van der Waals surface area contributed by atoms with Gasteiger partial charge in [0.2, 0.25) is 6.79 Å². The van der Waals surface area contributed by atoms with Gasteiger partial charge in [0.05, 0.1) is 0 Å². The minimum absolute atomic E-state index is 0.263. The monoisotopic (exact) mass is 255 g/mol. The van der Waals surface area contributed by atoms with Crippen LogP contribution in [0.25, 0.3) is 0 Å². The highest BCUT2D eigenvalue weighted by molar-refractivity contribution is 6.25. The zero-order valence-corrected chi connectivity index (χ0v) is 10.3. The molecular formula is C12H14ClNO3. The summed E-state index contributed by atoms with van der Waals surface area (Å²) < 4.78 is 16.2. The van der Waals surface area contributed by atoms with Gasteiger partial charge in [-0.25, -0.2) is 0 Å². The molecule has 1 heterocycles. The molecular weight excluding hydrogens is 242 g/mol. The van der Waals surface area contributed by atoms with Crippen LogP contribution in [0.15, 0.2) is 23.7 Å². The molecule has 0 unspecified atom stereocenters. The van der Waals surface area contributed by atoms with Gasteiger partial charge in [-0.15, -0.1) is 0 Å². The SMILES string of the molecule is CNCc1cc2c(cc1OC/C=C/Cl)OCO2. The topological polar surface area (TPSA) is 39.7 Å². The van der Waals surface area contributed by atoms with Crippen molar-refractivity contribution in [3.05, 3.63) is 29.3 Å². The molecule has 0 aromatic heterocycles. The maximum atomic E-state index is 5.61. The summed E-state index contributed by atoms with van der Waals surface area (Å²) in [6.07, 6.45) is 1.73. The number of halogens is 1. The van der Waals surface area contributed by atoms with Crippen LogP contribution in [0.3, 0.4) is 0 Å². The van der Waals surface area contributed by atoms with E-state index in [9.17, 15) is 0 Å². The standard InChI is InChI=1S/C12H14ClNO3/c1-14-7-9-5-11-12(17-8-16-11)6-10(9)15-4-2-3-13/h2-3,5-6,14H,4,7-8H2,1H3/b3-2+. The first-order chi connectivity index (χ1) is 8.35. The minimum atomic E-state index is 0.263. The Bertz CT molecular complexity index is 420. The van der Waals surface area contributed by atoms with Gasteiger partial charge >= 0.3 is 0 Å². The van der Waals surface area contributed by atoms with E-state index >= 15 is 0 Å². The van der Waals surface area contributed by atoms with Crippen molar-refractivity contribution in [3.8, 4) is 17.2 Å². The first-order valence-corrected chi connectivity index (χ1v) is 5.74. The lowest BCUT2D eigenvalue weighted by Crippen LogP contribution is -2.07. The molecule has 92 valence electrons. The Kier molecular flexibility index (Phi) is 4.12. The highest BCUT2D eigenvalue weighted by atomic mass is 35.5. The molecule has 0 atom stereocenters. The largest absolute Gasteiger partial charge is 0.489 e. The van der Waals surface area contributed by atoms with Gasteiger partial charge in [0.1, 0.15) is 12.4 Å². The second-order valence-electron chi connectivity index (χ2n) is 3.52. The smallest absolute Gasteiger partial charge is 0.231 e. The molecule has 17 heavy (non-hydrogen) atoms. The fourth-order valence-electron chi connectivity index (χ4n) is 1.60. The van der Waals surface area contributed by atoms with E-state index in [4.69, 9.17) is 25.8 Å². The van der Waals surface area contributed by atoms with Gasteiger partial charge in [0.15, 0.2) is 11.5 Å². The van der Waals surface area contributed by atoms with Gasteiger partial charge in [-0.3, -0.25) is 0 Å². The highest BCUT2D eigenvalue weighted by Crippen LogP contribution is 2.38. The molecule has 4 nitrogen and oxygen atoms in total. The third-order valence-corrected chi connectivity index (χ3v) is 2.53. The lowest BCUT2D eigenvalue weighted by Gasteiger charge is -2.11. The molecule has 0 aliphatic carbocycles. The van der Waals surface area contributed by atoms with Gasteiger partial charge in [-0.05, 0) is 19.2 Å². The average molecular weight is 256 g/mol. The Morgan fingerprint density at radius 3 is 2.88 bits per heavy atom. The molecule has 1 aromatic carbocycles. The van der Waals surface area contributed by atoms with E-state index in [0.29, 0.717) is 13.2 Å². The first-order valence-electron chi connectivity index (χ1n) is 5.30. The van der Waals surface area contributed by atoms with Crippen molar-refractivity contribution < 1.29 is 14.2 Å². The summed E-state index contributed by atoms with van der Waals surface area (Å²) in [5.74, 6) is 2.25. The third kappa shape index (κ3) is 2.84. The zero-order valence-electron chi connectivity index (χ0n) is 9.53. The second kappa shape index (κ2) is 5.80. The van der Waals surface area contributed by atoms with Crippen molar-refractivity contribution in [2.24, 2.45) is 0 Å². The Hall–Kier alpha value is -1.39. The number of hydrogen-bond acceptors (Lipinski definition) is 4. The fraction of sp³-hybridized carbons (Fsp3) is 0.333. The maximum Gasteiger partial charge on any atom is 0.231 e. The van der Waals surface area contributed by atoms with Crippen LogP contribution in [0.2, 0.25) is 0 Å².